The van der Waals surface area contributed by atoms with Crippen molar-refractivity contribution >= 4 is 16.6 Å². The standard InChI is InChI=1S/C22H22N6O/c29-22(19-12-23-14-24-13-19)5-3-20(4-6-22)28-21-8-17-7-15(18-10-26-27-11-18)1-2-16(17)9-25-21/h1-2,7-14,20,29H,3-6H2,(H,25,28)(H,26,27). The summed E-state index contributed by atoms with van der Waals surface area (Å²) in [5, 5.41) is 23.6. The van der Waals surface area contributed by atoms with E-state index in [1.54, 1.807) is 12.4 Å². The molecule has 146 valence electrons. The maximum absolute atomic E-state index is 11.0. The van der Waals surface area contributed by atoms with E-state index in [-0.39, 0.29) is 6.04 Å². The molecule has 0 aliphatic heterocycles. The molecule has 0 spiro atoms. The Morgan fingerprint density at radius 2 is 1.79 bits per heavy atom. The van der Waals surface area contributed by atoms with E-state index in [0.29, 0.717) is 12.8 Å². The number of fused-ring (bicyclic) bond motifs is 1. The molecule has 3 N–H and O–H groups in total. The quantitative estimate of drug-likeness (QED) is 0.495. The number of benzene rings is 1. The molecule has 29 heavy (non-hydrogen) atoms. The van der Waals surface area contributed by atoms with E-state index >= 15 is 0 Å². The van der Waals surface area contributed by atoms with Gasteiger partial charge in [0.2, 0.25) is 0 Å². The van der Waals surface area contributed by atoms with Gasteiger partial charge in [0.05, 0.1) is 11.8 Å². The molecule has 0 radical (unpaired) electrons. The minimum atomic E-state index is -0.838. The van der Waals surface area contributed by atoms with Crippen molar-refractivity contribution in [2.75, 3.05) is 5.32 Å². The van der Waals surface area contributed by atoms with Crippen LogP contribution in [0.5, 0.6) is 0 Å². The highest BCUT2D eigenvalue weighted by Crippen LogP contribution is 2.37. The molecule has 3 aromatic heterocycles. The van der Waals surface area contributed by atoms with Crippen molar-refractivity contribution in [3.05, 3.63) is 67.1 Å². The molecule has 4 aromatic rings. The zero-order valence-corrected chi connectivity index (χ0v) is 15.9. The van der Waals surface area contributed by atoms with Crippen LogP contribution in [-0.2, 0) is 5.60 Å². The molecule has 1 aromatic carbocycles. The third-order valence-corrected chi connectivity index (χ3v) is 5.82. The van der Waals surface area contributed by atoms with Gasteiger partial charge >= 0.3 is 0 Å². The number of anilines is 1. The van der Waals surface area contributed by atoms with Crippen molar-refractivity contribution in [2.24, 2.45) is 0 Å². The predicted octanol–water partition coefficient (Wildman–Crippen LogP) is 3.66. The Balaban J connectivity index is 1.31. The Kier molecular flexibility index (Phi) is 4.44. The lowest BCUT2D eigenvalue weighted by Gasteiger charge is -2.36. The van der Waals surface area contributed by atoms with Gasteiger partial charge in [-0.25, -0.2) is 15.0 Å². The number of hydrogen-bond donors (Lipinski definition) is 3. The number of rotatable bonds is 4. The van der Waals surface area contributed by atoms with Crippen LogP contribution >= 0.6 is 0 Å². The third kappa shape index (κ3) is 3.56. The summed E-state index contributed by atoms with van der Waals surface area (Å²) in [5.74, 6) is 0.861. The first-order valence-corrected chi connectivity index (χ1v) is 9.83. The van der Waals surface area contributed by atoms with Gasteiger partial charge in [0.25, 0.3) is 0 Å². The van der Waals surface area contributed by atoms with E-state index < -0.39 is 5.60 Å². The van der Waals surface area contributed by atoms with Crippen LogP contribution < -0.4 is 5.32 Å². The number of H-pyrrole nitrogens is 1. The second-order valence-electron chi connectivity index (χ2n) is 7.70. The third-order valence-electron chi connectivity index (χ3n) is 5.82. The SMILES string of the molecule is OC1(c2cncnc2)CCC(Nc2cc3cc(-c4cn[nH]c4)ccc3cn2)CC1. The Hall–Kier alpha value is -3.32. The molecule has 5 rings (SSSR count). The summed E-state index contributed by atoms with van der Waals surface area (Å²) < 4.78 is 0. The number of hydrogen-bond acceptors (Lipinski definition) is 6. The molecule has 1 fully saturated rings. The summed E-state index contributed by atoms with van der Waals surface area (Å²) in [5.41, 5.74) is 2.15. The average molecular weight is 386 g/mol. The first-order valence-electron chi connectivity index (χ1n) is 9.83. The molecule has 0 atom stereocenters. The minimum Gasteiger partial charge on any atom is -0.385 e. The normalized spacial score (nSPS) is 21.9. The van der Waals surface area contributed by atoms with E-state index in [9.17, 15) is 5.11 Å². The molecular formula is C22H22N6O. The molecule has 1 aliphatic rings. The van der Waals surface area contributed by atoms with Crippen LogP contribution in [-0.4, -0.2) is 36.3 Å². The highest BCUT2D eigenvalue weighted by molar-refractivity contribution is 5.88. The van der Waals surface area contributed by atoms with Gasteiger partial charge < -0.3 is 10.4 Å². The first-order chi connectivity index (χ1) is 14.2. The summed E-state index contributed by atoms with van der Waals surface area (Å²) in [6.45, 7) is 0. The van der Waals surface area contributed by atoms with E-state index in [4.69, 9.17) is 0 Å². The molecule has 7 heteroatoms. The van der Waals surface area contributed by atoms with Crippen LogP contribution in [0.1, 0.15) is 31.2 Å². The maximum Gasteiger partial charge on any atom is 0.126 e. The Bertz CT molecular complexity index is 1100. The summed E-state index contributed by atoms with van der Waals surface area (Å²) >= 11 is 0. The van der Waals surface area contributed by atoms with Crippen molar-refractivity contribution in [2.45, 2.75) is 37.3 Å². The van der Waals surface area contributed by atoms with Crippen LogP contribution in [0.2, 0.25) is 0 Å². The Morgan fingerprint density at radius 3 is 2.55 bits per heavy atom. The highest BCUT2D eigenvalue weighted by Gasteiger charge is 2.35. The molecule has 1 saturated carbocycles. The molecule has 7 nitrogen and oxygen atoms in total. The van der Waals surface area contributed by atoms with Crippen molar-refractivity contribution in [1.29, 1.82) is 0 Å². The van der Waals surface area contributed by atoms with Crippen LogP contribution in [0.3, 0.4) is 0 Å². The summed E-state index contributed by atoms with van der Waals surface area (Å²) in [4.78, 5) is 12.7. The number of aromatic amines is 1. The van der Waals surface area contributed by atoms with E-state index in [1.165, 1.54) is 6.33 Å². The lowest BCUT2D eigenvalue weighted by atomic mass is 9.78. The van der Waals surface area contributed by atoms with Crippen LogP contribution in [0.15, 0.2) is 61.6 Å². The van der Waals surface area contributed by atoms with Gasteiger partial charge in [-0.05, 0) is 48.8 Å². The van der Waals surface area contributed by atoms with Crippen molar-refractivity contribution in [3.8, 4) is 11.1 Å². The smallest absolute Gasteiger partial charge is 0.126 e. The van der Waals surface area contributed by atoms with Gasteiger partial charge in [0.15, 0.2) is 0 Å². The lowest BCUT2D eigenvalue weighted by Crippen LogP contribution is -2.36. The minimum absolute atomic E-state index is 0.280. The molecule has 0 saturated heterocycles. The lowest BCUT2D eigenvalue weighted by molar-refractivity contribution is -0.00395. The number of pyridine rings is 1. The van der Waals surface area contributed by atoms with Crippen molar-refractivity contribution in [3.63, 3.8) is 0 Å². The molecule has 3 heterocycles. The summed E-state index contributed by atoms with van der Waals surface area (Å²) in [6.07, 6.45) is 13.6. The van der Waals surface area contributed by atoms with E-state index in [1.807, 2.05) is 18.6 Å². The Morgan fingerprint density at radius 1 is 0.966 bits per heavy atom. The van der Waals surface area contributed by atoms with Crippen LogP contribution in [0, 0.1) is 0 Å². The zero-order valence-electron chi connectivity index (χ0n) is 15.9. The van der Waals surface area contributed by atoms with Crippen molar-refractivity contribution in [1.82, 2.24) is 25.1 Å². The van der Waals surface area contributed by atoms with Gasteiger partial charge in [0.1, 0.15) is 12.1 Å². The fourth-order valence-corrected chi connectivity index (χ4v) is 4.09. The summed E-state index contributed by atoms with van der Waals surface area (Å²) in [6, 6.07) is 8.68. The average Bonchev–Trinajstić information content (AvgIpc) is 3.31. The first kappa shape index (κ1) is 17.8. The van der Waals surface area contributed by atoms with Crippen molar-refractivity contribution < 1.29 is 5.11 Å². The fraction of sp³-hybridized carbons (Fsp3) is 0.273. The van der Waals surface area contributed by atoms with E-state index in [2.05, 4.69) is 54.7 Å². The number of nitrogens with zero attached hydrogens (tertiary/aromatic N) is 4. The zero-order chi connectivity index (χ0) is 19.7. The molecule has 0 unspecified atom stereocenters. The molecule has 0 amide bonds. The second-order valence-corrected chi connectivity index (χ2v) is 7.70. The molecular weight excluding hydrogens is 364 g/mol. The highest BCUT2D eigenvalue weighted by atomic mass is 16.3. The second kappa shape index (κ2) is 7.25. The van der Waals surface area contributed by atoms with E-state index in [0.717, 1.165) is 46.1 Å². The topological polar surface area (TPSA) is 99.6 Å². The van der Waals surface area contributed by atoms with Gasteiger partial charge in [0, 0.05) is 47.3 Å². The monoisotopic (exact) mass is 386 g/mol. The van der Waals surface area contributed by atoms with Crippen LogP contribution in [0.25, 0.3) is 21.9 Å². The Labute approximate surface area is 168 Å². The van der Waals surface area contributed by atoms with Gasteiger partial charge in [-0.3, -0.25) is 5.10 Å². The van der Waals surface area contributed by atoms with Gasteiger partial charge in [-0.15, -0.1) is 0 Å². The maximum atomic E-state index is 11.0. The predicted molar refractivity (Wildman–Crippen MR) is 111 cm³/mol. The fourth-order valence-electron chi connectivity index (χ4n) is 4.09. The van der Waals surface area contributed by atoms with Gasteiger partial charge in [-0.2, -0.15) is 5.10 Å². The van der Waals surface area contributed by atoms with Gasteiger partial charge in [-0.1, -0.05) is 12.1 Å². The number of nitrogens with one attached hydrogen (secondary N) is 2. The molecule has 1 aliphatic carbocycles. The van der Waals surface area contributed by atoms with Crippen LogP contribution in [0.4, 0.5) is 5.82 Å². The summed E-state index contributed by atoms with van der Waals surface area (Å²) in [7, 11) is 0. The number of aromatic nitrogens is 5. The molecule has 0 bridgehead atoms. The largest absolute Gasteiger partial charge is 0.385 e. The number of aliphatic hydroxyl groups is 1.